The van der Waals surface area contributed by atoms with Crippen molar-refractivity contribution >= 4 is 27.1 Å². The Kier molecular flexibility index (Phi) is 2.99. The lowest BCUT2D eigenvalue weighted by Gasteiger charge is -1.99. The van der Waals surface area contributed by atoms with Crippen molar-refractivity contribution in [2.24, 2.45) is 0 Å². The smallest absolute Gasteiger partial charge is 0.225 e. The topological polar surface area (TPSA) is 64.3 Å². The molecule has 2 heterocycles. The van der Waals surface area contributed by atoms with Gasteiger partial charge < -0.3 is 0 Å². The summed E-state index contributed by atoms with van der Waals surface area (Å²) in [6, 6.07) is 11.2. The molecule has 102 valence electrons. The highest BCUT2D eigenvalue weighted by Gasteiger charge is 2.22. The van der Waals surface area contributed by atoms with E-state index in [0.29, 0.717) is 16.5 Å². The first kappa shape index (κ1) is 13.1. The third kappa shape index (κ3) is 2.07. The van der Waals surface area contributed by atoms with Crippen LogP contribution in [-0.4, -0.2) is 23.0 Å². The van der Waals surface area contributed by atoms with Crippen molar-refractivity contribution in [1.82, 2.24) is 14.6 Å². The number of rotatable bonds is 2. The minimum absolute atomic E-state index is 0.0660. The highest BCUT2D eigenvalue weighted by Crippen LogP contribution is 2.22. The first-order chi connectivity index (χ1) is 9.48. The molecule has 0 radical (unpaired) electrons. The maximum Gasteiger partial charge on any atom is 0.225 e. The molecule has 0 aliphatic heterocycles. The van der Waals surface area contributed by atoms with Gasteiger partial charge in [-0.3, -0.25) is 0 Å². The number of aryl methyl sites for hydroxylation is 1. The van der Waals surface area contributed by atoms with E-state index in [1.807, 2.05) is 0 Å². The minimum atomic E-state index is -3.66. The van der Waals surface area contributed by atoms with E-state index in [-0.39, 0.29) is 9.92 Å². The summed E-state index contributed by atoms with van der Waals surface area (Å²) in [4.78, 5) is 4.41. The first-order valence-corrected chi connectivity index (χ1v) is 7.68. The largest absolute Gasteiger partial charge is 0.234 e. The number of hydrogen-bond donors (Lipinski definition) is 0. The Labute approximate surface area is 120 Å². The van der Waals surface area contributed by atoms with E-state index in [2.05, 4.69) is 10.1 Å². The number of hydrogen-bond acceptors (Lipinski definition) is 4. The molecule has 0 saturated heterocycles. The second kappa shape index (κ2) is 4.57. The van der Waals surface area contributed by atoms with Gasteiger partial charge in [0.25, 0.3) is 0 Å². The first-order valence-electron chi connectivity index (χ1n) is 5.81. The number of halogens is 1. The van der Waals surface area contributed by atoms with Crippen LogP contribution in [0.25, 0.3) is 5.65 Å². The number of aromatic nitrogens is 3. The Bertz CT molecular complexity index is 889. The molecule has 0 aliphatic carbocycles. The molecular formula is C13H10ClN3O2S. The molecule has 7 heteroatoms. The number of benzene rings is 1. The number of nitrogens with zero attached hydrogens (tertiary/aromatic N) is 3. The van der Waals surface area contributed by atoms with Crippen LogP contribution in [-0.2, 0) is 9.84 Å². The van der Waals surface area contributed by atoms with Crippen LogP contribution in [0.5, 0.6) is 0 Å². The van der Waals surface area contributed by atoms with E-state index < -0.39 is 9.84 Å². The fraction of sp³-hybridized carbons (Fsp3) is 0.0769. The molecule has 0 saturated carbocycles. The second-order valence-electron chi connectivity index (χ2n) is 4.29. The van der Waals surface area contributed by atoms with E-state index in [1.165, 1.54) is 22.7 Å². The summed E-state index contributed by atoms with van der Waals surface area (Å²) in [5, 5.41) is 4.29. The molecule has 2 aromatic heterocycles. The summed E-state index contributed by atoms with van der Waals surface area (Å²) >= 11 is 6.04. The molecule has 5 nitrogen and oxygen atoms in total. The van der Waals surface area contributed by atoms with Crippen LogP contribution >= 0.6 is 11.6 Å². The van der Waals surface area contributed by atoms with Gasteiger partial charge in [0, 0.05) is 11.8 Å². The quantitative estimate of drug-likeness (QED) is 0.682. The molecule has 0 atom stereocenters. The van der Waals surface area contributed by atoms with E-state index in [9.17, 15) is 8.42 Å². The summed E-state index contributed by atoms with van der Waals surface area (Å²) in [5.74, 6) is 0. The molecule has 3 rings (SSSR count). The van der Waals surface area contributed by atoms with Gasteiger partial charge in [0.2, 0.25) is 9.84 Å². The molecular weight excluding hydrogens is 298 g/mol. The molecule has 0 N–H and O–H groups in total. The van der Waals surface area contributed by atoms with Crippen molar-refractivity contribution < 1.29 is 8.42 Å². The molecule has 0 aliphatic rings. The Morgan fingerprint density at radius 1 is 1.15 bits per heavy atom. The van der Waals surface area contributed by atoms with Gasteiger partial charge in [-0.05, 0) is 25.1 Å². The lowest BCUT2D eigenvalue weighted by molar-refractivity contribution is 0.591. The fourth-order valence-electron chi connectivity index (χ4n) is 1.89. The van der Waals surface area contributed by atoms with Gasteiger partial charge in [0.05, 0.1) is 4.90 Å². The molecule has 1 aromatic carbocycles. The number of fused-ring (bicyclic) bond motifs is 1. The summed E-state index contributed by atoms with van der Waals surface area (Å²) in [7, 11) is -3.66. The van der Waals surface area contributed by atoms with Gasteiger partial charge in [0.15, 0.2) is 10.7 Å². The van der Waals surface area contributed by atoms with E-state index >= 15 is 0 Å². The third-order valence-electron chi connectivity index (χ3n) is 2.82. The van der Waals surface area contributed by atoms with Crippen molar-refractivity contribution in [2.75, 3.05) is 0 Å². The van der Waals surface area contributed by atoms with Crippen molar-refractivity contribution in [3.05, 3.63) is 53.3 Å². The van der Waals surface area contributed by atoms with E-state index in [1.54, 1.807) is 31.2 Å². The number of sulfone groups is 1. The Hall–Kier alpha value is -1.92. The summed E-state index contributed by atoms with van der Waals surface area (Å²) in [6.07, 6.45) is 0. The molecule has 0 spiro atoms. The maximum absolute atomic E-state index is 12.5. The Morgan fingerprint density at radius 3 is 2.55 bits per heavy atom. The predicted molar refractivity (Wildman–Crippen MR) is 74.6 cm³/mol. The van der Waals surface area contributed by atoms with Crippen LogP contribution in [0.3, 0.4) is 0 Å². The lowest BCUT2D eigenvalue weighted by Crippen LogP contribution is -2.03. The normalized spacial score (nSPS) is 11.9. The monoisotopic (exact) mass is 307 g/mol. The molecule has 0 fully saturated rings. The maximum atomic E-state index is 12.5. The zero-order valence-corrected chi connectivity index (χ0v) is 12.1. The van der Waals surface area contributed by atoms with Crippen molar-refractivity contribution in [3.8, 4) is 0 Å². The van der Waals surface area contributed by atoms with E-state index in [0.717, 1.165) is 0 Å². The summed E-state index contributed by atoms with van der Waals surface area (Å²) in [5.41, 5.74) is 1.11. The predicted octanol–water partition coefficient (Wildman–Crippen LogP) is 2.52. The van der Waals surface area contributed by atoms with E-state index in [4.69, 9.17) is 11.6 Å². The molecule has 0 bridgehead atoms. The molecule has 0 unspecified atom stereocenters. The minimum Gasteiger partial charge on any atom is -0.234 e. The second-order valence-corrected chi connectivity index (χ2v) is 6.57. The standard InChI is InChI=1S/C13H10ClN3O2S/c1-9-7-11(14)17-12(15-9)8-13(16-17)20(18,19)10-5-3-2-4-6-10/h2-8H,1H3. The SMILES string of the molecule is Cc1cc(Cl)n2nc(S(=O)(=O)c3ccccc3)cc2n1. The zero-order valence-electron chi connectivity index (χ0n) is 10.5. The average Bonchev–Trinajstić information content (AvgIpc) is 2.84. The van der Waals surface area contributed by atoms with Gasteiger partial charge in [-0.1, -0.05) is 29.8 Å². The lowest BCUT2D eigenvalue weighted by atomic mass is 10.4. The van der Waals surface area contributed by atoms with Crippen LogP contribution in [0.1, 0.15) is 5.69 Å². The third-order valence-corrected chi connectivity index (χ3v) is 4.73. The molecule has 3 aromatic rings. The summed E-state index contributed by atoms with van der Waals surface area (Å²) < 4.78 is 26.2. The van der Waals surface area contributed by atoms with Gasteiger partial charge >= 0.3 is 0 Å². The van der Waals surface area contributed by atoms with Crippen molar-refractivity contribution in [1.29, 1.82) is 0 Å². The Balaban J connectivity index is 2.23. The van der Waals surface area contributed by atoms with Crippen LogP contribution in [0.15, 0.2) is 52.4 Å². The van der Waals surface area contributed by atoms with Crippen LogP contribution in [0.4, 0.5) is 0 Å². The van der Waals surface area contributed by atoms with Crippen molar-refractivity contribution in [2.45, 2.75) is 16.8 Å². The average molecular weight is 308 g/mol. The highest BCUT2D eigenvalue weighted by atomic mass is 35.5. The van der Waals surface area contributed by atoms with Crippen LogP contribution in [0, 0.1) is 6.92 Å². The summed E-state index contributed by atoms with van der Waals surface area (Å²) in [6.45, 7) is 1.78. The molecule has 0 amide bonds. The Morgan fingerprint density at radius 2 is 1.85 bits per heavy atom. The highest BCUT2D eigenvalue weighted by molar-refractivity contribution is 7.91. The van der Waals surface area contributed by atoms with Crippen molar-refractivity contribution in [3.63, 3.8) is 0 Å². The zero-order chi connectivity index (χ0) is 14.3. The van der Waals surface area contributed by atoms with Gasteiger partial charge in [0.1, 0.15) is 5.15 Å². The van der Waals surface area contributed by atoms with Gasteiger partial charge in [-0.2, -0.15) is 5.10 Å². The molecule has 20 heavy (non-hydrogen) atoms. The van der Waals surface area contributed by atoms with Gasteiger partial charge in [-0.15, -0.1) is 0 Å². The fourth-order valence-corrected chi connectivity index (χ4v) is 3.37. The van der Waals surface area contributed by atoms with Crippen LogP contribution < -0.4 is 0 Å². The van der Waals surface area contributed by atoms with Gasteiger partial charge in [-0.25, -0.2) is 17.9 Å². The van der Waals surface area contributed by atoms with Crippen LogP contribution in [0.2, 0.25) is 5.15 Å².